The van der Waals surface area contributed by atoms with Gasteiger partial charge >= 0.3 is 0 Å². The van der Waals surface area contributed by atoms with Crippen LogP contribution in [-0.2, 0) is 0 Å². The number of rotatable bonds is 7. The van der Waals surface area contributed by atoms with E-state index in [-0.39, 0.29) is 0 Å². The van der Waals surface area contributed by atoms with E-state index in [4.69, 9.17) is 24.9 Å². The molecule has 0 radical (unpaired) electrons. The number of aromatic nitrogens is 5. The van der Waals surface area contributed by atoms with Crippen LogP contribution < -0.4 is 0 Å². The van der Waals surface area contributed by atoms with E-state index >= 15 is 0 Å². The van der Waals surface area contributed by atoms with Gasteiger partial charge in [-0.1, -0.05) is 170 Å². The molecule has 0 amide bonds. The molecule has 10 rings (SSSR count). The molecule has 0 atom stereocenters. The first-order valence-electron chi connectivity index (χ1n) is 19.1. The summed E-state index contributed by atoms with van der Waals surface area (Å²) >= 11 is 0. The molecule has 0 aliphatic rings. The smallest absolute Gasteiger partial charge is 0.164 e. The number of hydrogen-bond donors (Lipinski definition) is 0. The van der Waals surface area contributed by atoms with Gasteiger partial charge in [-0.3, -0.25) is 4.98 Å². The monoisotopic (exact) mass is 729 g/mol. The van der Waals surface area contributed by atoms with Crippen LogP contribution in [0, 0.1) is 6.92 Å². The predicted octanol–water partition coefficient (Wildman–Crippen LogP) is 12.9. The number of nitrogens with zero attached hydrogens (tertiary/aromatic N) is 5. The number of hydrogen-bond acceptors (Lipinski definition) is 5. The van der Waals surface area contributed by atoms with Gasteiger partial charge in [-0.15, -0.1) is 0 Å². The summed E-state index contributed by atoms with van der Waals surface area (Å²) < 4.78 is 0. The summed E-state index contributed by atoms with van der Waals surface area (Å²) in [4.78, 5) is 25.3. The van der Waals surface area contributed by atoms with Gasteiger partial charge in [-0.25, -0.2) is 19.9 Å². The zero-order chi connectivity index (χ0) is 38.1. The molecular formula is C52H35N5. The number of aryl methyl sites for hydroxylation is 1. The lowest BCUT2D eigenvalue weighted by Gasteiger charge is -2.13. The van der Waals surface area contributed by atoms with Gasteiger partial charge in [-0.2, -0.15) is 0 Å². The van der Waals surface area contributed by atoms with Crippen molar-refractivity contribution >= 4 is 21.8 Å². The standard InChI is InChI=1S/C52H35N5/c1-34-23-24-38-29-30-45-46(37-15-7-3-8-16-37)33-47(54-49(45)48(38)53-34)43-21-11-19-41(31-43)42-20-12-22-44(32-42)52-56-50(39-17-9-4-10-18-39)55-51(57-52)40-27-25-36(26-28-40)35-13-5-2-6-14-35/h2-33H,1H3. The lowest BCUT2D eigenvalue weighted by atomic mass is 9.95. The minimum Gasteiger partial charge on any atom is -0.251 e. The Morgan fingerprint density at radius 2 is 0.772 bits per heavy atom. The van der Waals surface area contributed by atoms with Crippen LogP contribution in [0.3, 0.4) is 0 Å². The van der Waals surface area contributed by atoms with Gasteiger partial charge < -0.3 is 0 Å². The molecule has 0 N–H and O–H groups in total. The molecule has 0 bridgehead atoms. The van der Waals surface area contributed by atoms with E-state index in [1.807, 2.05) is 43.3 Å². The third kappa shape index (κ3) is 6.72. The maximum Gasteiger partial charge on any atom is 0.164 e. The number of benzene rings is 7. The average molecular weight is 730 g/mol. The second kappa shape index (κ2) is 14.5. The van der Waals surface area contributed by atoms with E-state index in [1.54, 1.807) is 0 Å². The summed E-state index contributed by atoms with van der Waals surface area (Å²) in [6.45, 7) is 2.03. The van der Waals surface area contributed by atoms with Gasteiger partial charge in [0.15, 0.2) is 17.5 Å². The number of fused-ring (bicyclic) bond motifs is 3. The molecule has 5 nitrogen and oxygen atoms in total. The third-order valence-electron chi connectivity index (χ3n) is 10.4. The maximum atomic E-state index is 5.31. The highest BCUT2D eigenvalue weighted by molar-refractivity contribution is 6.09. The lowest BCUT2D eigenvalue weighted by molar-refractivity contribution is 1.07. The summed E-state index contributed by atoms with van der Waals surface area (Å²) in [7, 11) is 0. The molecule has 7 aromatic carbocycles. The Labute approximate surface area is 331 Å². The molecule has 0 aliphatic carbocycles. The number of pyridine rings is 2. The second-order valence-electron chi connectivity index (χ2n) is 14.2. The molecule has 0 unspecified atom stereocenters. The van der Waals surface area contributed by atoms with Crippen LogP contribution >= 0.6 is 0 Å². The summed E-state index contributed by atoms with van der Waals surface area (Å²) in [5, 5.41) is 2.15. The zero-order valence-corrected chi connectivity index (χ0v) is 31.2. The van der Waals surface area contributed by atoms with Crippen molar-refractivity contribution in [1.29, 1.82) is 0 Å². The molecule has 0 aliphatic heterocycles. The van der Waals surface area contributed by atoms with Crippen molar-refractivity contribution in [2.75, 3.05) is 0 Å². The molecule has 5 heteroatoms. The summed E-state index contributed by atoms with van der Waals surface area (Å²) in [6.07, 6.45) is 0. The van der Waals surface area contributed by atoms with Crippen molar-refractivity contribution in [2.24, 2.45) is 0 Å². The van der Waals surface area contributed by atoms with Crippen LogP contribution in [0.15, 0.2) is 194 Å². The highest BCUT2D eigenvalue weighted by Gasteiger charge is 2.16. The Bertz CT molecular complexity index is 3050. The average Bonchev–Trinajstić information content (AvgIpc) is 3.29. The fourth-order valence-electron chi connectivity index (χ4n) is 7.46. The van der Waals surface area contributed by atoms with Crippen LogP contribution in [0.1, 0.15) is 5.69 Å². The Kier molecular flexibility index (Phi) is 8.65. The molecular weight excluding hydrogens is 695 g/mol. The van der Waals surface area contributed by atoms with Crippen LogP contribution in [-0.4, -0.2) is 24.9 Å². The van der Waals surface area contributed by atoms with Crippen LogP contribution in [0.5, 0.6) is 0 Å². The largest absolute Gasteiger partial charge is 0.251 e. The molecule has 10 aromatic rings. The van der Waals surface area contributed by atoms with E-state index in [1.165, 1.54) is 5.56 Å². The minimum atomic E-state index is 0.613. The Morgan fingerprint density at radius 3 is 1.44 bits per heavy atom. The molecule has 57 heavy (non-hydrogen) atoms. The van der Waals surface area contributed by atoms with E-state index in [2.05, 4.69) is 158 Å². The van der Waals surface area contributed by atoms with Crippen molar-refractivity contribution in [1.82, 2.24) is 24.9 Å². The molecule has 3 heterocycles. The van der Waals surface area contributed by atoms with Gasteiger partial charge in [0, 0.05) is 38.7 Å². The highest BCUT2D eigenvalue weighted by atomic mass is 15.0. The summed E-state index contributed by atoms with van der Waals surface area (Å²) in [5.74, 6) is 1.87. The maximum absolute atomic E-state index is 5.31. The van der Waals surface area contributed by atoms with Gasteiger partial charge in [0.25, 0.3) is 0 Å². The van der Waals surface area contributed by atoms with E-state index < -0.39 is 0 Å². The molecule has 0 fully saturated rings. The Hall–Kier alpha value is -7.63. The Balaban J connectivity index is 1.06. The molecule has 268 valence electrons. The van der Waals surface area contributed by atoms with Crippen molar-refractivity contribution in [3.63, 3.8) is 0 Å². The molecule has 0 spiro atoms. The van der Waals surface area contributed by atoms with Gasteiger partial charge in [0.05, 0.1) is 16.7 Å². The molecule has 0 saturated heterocycles. The fraction of sp³-hybridized carbons (Fsp3) is 0.0192. The van der Waals surface area contributed by atoms with E-state index in [0.29, 0.717) is 17.5 Å². The lowest BCUT2D eigenvalue weighted by Crippen LogP contribution is -2.00. The quantitative estimate of drug-likeness (QED) is 0.153. The van der Waals surface area contributed by atoms with E-state index in [9.17, 15) is 0 Å². The predicted molar refractivity (Wildman–Crippen MR) is 233 cm³/mol. The minimum absolute atomic E-state index is 0.613. The van der Waals surface area contributed by atoms with Crippen LogP contribution in [0.4, 0.5) is 0 Å². The van der Waals surface area contributed by atoms with E-state index in [0.717, 1.165) is 83.3 Å². The van der Waals surface area contributed by atoms with Crippen molar-refractivity contribution in [3.8, 4) is 78.8 Å². The zero-order valence-electron chi connectivity index (χ0n) is 31.2. The summed E-state index contributed by atoms with van der Waals surface area (Å²) in [5.41, 5.74) is 14.1. The van der Waals surface area contributed by atoms with Crippen molar-refractivity contribution in [3.05, 3.63) is 200 Å². The fourth-order valence-corrected chi connectivity index (χ4v) is 7.46. The summed E-state index contributed by atoms with van der Waals surface area (Å²) in [6, 6.07) is 67.1. The normalized spacial score (nSPS) is 11.2. The van der Waals surface area contributed by atoms with Crippen molar-refractivity contribution < 1.29 is 0 Å². The first-order chi connectivity index (χ1) is 28.1. The van der Waals surface area contributed by atoms with Gasteiger partial charge in [-0.05, 0) is 64.6 Å². The first kappa shape index (κ1) is 33.9. The van der Waals surface area contributed by atoms with Crippen molar-refractivity contribution in [2.45, 2.75) is 6.92 Å². The van der Waals surface area contributed by atoms with Gasteiger partial charge in [0.2, 0.25) is 0 Å². The molecule has 3 aromatic heterocycles. The van der Waals surface area contributed by atoms with Gasteiger partial charge in [0.1, 0.15) is 0 Å². The Morgan fingerprint density at radius 1 is 0.298 bits per heavy atom. The SMILES string of the molecule is Cc1ccc2ccc3c(-c4ccccc4)cc(-c4cccc(-c5cccc(-c6nc(-c7ccccc7)nc(-c7ccc(-c8ccccc8)cc7)n6)c5)c4)nc3c2n1. The van der Waals surface area contributed by atoms with Crippen LogP contribution in [0.2, 0.25) is 0 Å². The topological polar surface area (TPSA) is 64.5 Å². The van der Waals surface area contributed by atoms with Crippen LogP contribution in [0.25, 0.3) is 101 Å². The highest BCUT2D eigenvalue weighted by Crippen LogP contribution is 2.37. The molecule has 0 saturated carbocycles. The second-order valence-corrected chi connectivity index (χ2v) is 14.2. The third-order valence-corrected chi connectivity index (χ3v) is 10.4. The first-order valence-corrected chi connectivity index (χ1v) is 19.1.